The van der Waals surface area contributed by atoms with Crippen LogP contribution < -0.4 is 0 Å². The molecule has 36 heavy (non-hydrogen) atoms. The number of rotatable bonds is 6. The van der Waals surface area contributed by atoms with Crippen molar-refractivity contribution in [3.8, 4) is 39.8 Å². The normalized spacial score (nSPS) is 11.0. The molecular formula is C28H16FN3O4. The van der Waals surface area contributed by atoms with Crippen LogP contribution >= 0.6 is 0 Å². The third-order valence-corrected chi connectivity index (χ3v) is 5.46. The zero-order chi connectivity index (χ0) is 25.1. The van der Waals surface area contributed by atoms with Gasteiger partial charge in [-0.15, -0.1) is 0 Å². The predicted molar refractivity (Wildman–Crippen MR) is 132 cm³/mol. The summed E-state index contributed by atoms with van der Waals surface area (Å²) in [5.74, 6) is 0.335. The zero-order valence-corrected chi connectivity index (χ0v) is 18.6. The Hall–Kier alpha value is -5.29. The van der Waals surface area contributed by atoms with Gasteiger partial charge in [0, 0.05) is 11.1 Å². The van der Waals surface area contributed by atoms with E-state index in [-0.39, 0.29) is 28.5 Å². The Bertz CT molecular complexity index is 1630. The molecule has 0 radical (unpaired) electrons. The fourth-order valence-electron chi connectivity index (χ4n) is 3.84. The van der Waals surface area contributed by atoms with Gasteiger partial charge in [-0.1, -0.05) is 60.7 Å². The molecule has 0 aliphatic rings. The minimum atomic E-state index is -0.718. The second kappa shape index (κ2) is 9.52. The Morgan fingerprint density at radius 1 is 0.917 bits per heavy atom. The van der Waals surface area contributed by atoms with Gasteiger partial charge in [0.05, 0.1) is 22.8 Å². The lowest BCUT2D eigenvalue weighted by atomic mass is 9.98. The van der Waals surface area contributed by atoms with E-state index in [0.29, 0.717) is 11.3 Å². The van der Waals surface area contributed by atoms with E-state index in [1.54, 1.807) is 6.07 Å². The molecule has 0 saturated carbocycles. The van der Waals surface area contributed by atoms with E-state index in [2.05, 4.69) is 11.1 Å². The van der Waals surface area contributed by atoms with E-state index in [4.69, 9.17) is 8.83 Å². The largest absolute Gasteiger partial charge is 0.455 e. The first-order valence-corrected chi connectivity index (χ1v) is 10.8. The number of hydrogen-bond acceptors (Lipinski definition) is 6. The molecule has 0 aliphatic carbocycles. The number of nitro benzene ring substituents is 1. The minimum Gasteiger partial charge on any atom is -0.455 e. The summed E-state index contributed by atoms with van der Waals surface area (Å²) in [5.41, 5.74) is 2.20. The van der Waals surface area contributed by atoms with Crippen molar-refractivity contribution in [3.05, 3.63) is 118 Å². The molecule has 3 aromatic carbocycles. The predicted octanol–water partition coefficient (Wildman–Crippen LogP) is 7.54. The van der Waals surface area contributed by atoms with E-state index in [0.717, 1.165) is 23.3 Å². The number of hydrogen-bond donors (Lipinski definition) is 0. The molecule has 8 heteroatoms. The summed E-state index contributed by atoms with van der Waals surface area (Å²) in [6, 6.07) is 27.4. The fourth-order valence-corrected chi connectivity index (χ4v) is 3.84. The standard InChI is InChI=1S/C28H16FN3O4/c29-20-11-13-22(24(15-20)32(33)34)25-14-12-21(35-25)17-31-28-23(16-30)26(18-7-3-1-4-8-18)27(36-28)19-9-5-2-6-10-19/h1-15,17H. The lowest BCUT2D eigenvalue weighted by Gasteiger charge is -2.03. The monoisotopic (exact) mass is 477 g/mol. The van der Waals surface area contributed by atoms with Gasteiger partial charge >= 0.3 is 0 Å². The fraction of sp³-hybridized carbons (Fsp3) is 0. The summed E-state index contributed by atoms with van der Waals surface area (Å²) >= 11 is 0. The summed E-state index contributed by atoms with van der Waals surface area (Å²) in [4.78, 5) is 15.0. The SMILES string of the molecule is N#Cc1c(N=Cc2ccc(-c3ccc(F)cc3[N+](=O)[O-])o2)oc(-c2ccccc2)c1-c1ccccc1. The van der Waals surface area contributed by atoms with Gasteiger partial charge in [0.25, 0.3) is 5.69 Å². The highest BCUT2D eigenvalue weighted by atomic mass is 19.1. The first-order chi connectivity index (χ1) is 17.5. The summed E-state index contributed by atoms with van der Waals surface area (Å²) in [7, 11) is 0. The van der Waals surface area contributed by atoms with Crippen molar-refractivity contribution in [1.82, 2.24) is 0 Å². The van der Waals surface area contributed by atoms with Gasteiger partial charge in [-0.25, -0.2) is 9.38 Å². The molecule has 0 unspecified atom stereocenters. The van der Waals surface area contributed by atoms with Crippen LogP contribution in [0.2, 0.25) is 0 Å². The highest BCUT2D eigenvalue weighted by Crippen LogP contribution is 2.42. The van der Waals surface area contributed by atoms with Gasteiger partial charge in [-0.3, -0.25) is 10.1 Å². The summed E-state index contributed by atoms with van der Waals surface area (Å²) in [6.07, 6.45) is 1.36. The number of nitriles is 1. The van der Waals surface area contributed by atoms with E-state index < -0.39 is 16.4 Å². The van der Waals surface area contributed by atoms with Crippen LogP contribution in [0, 0.1) is 27.3 Å². The Morgan fingerprint density at radius 3 is 2.28 bits per heavy atom. The van der Waals surface area contributed by atoms with Crippen LogP contribution in [0.3, 0.4) is 0 Å². The van der Waals surface area contributed by atoms with Crippen LogP contribution in [0.15, 0.2) is 105 Å². The molecule has 0 atom stereocenters. The van der Waals surface area contributed by atoms with Crippen molar-refractivity contribution in [2.45, 2.75) is 0 Å². The number of aliphatic imine (C=N–C) groups is 1. The van der Waals surface area contributed by atoms with Crippen LogP contribution in [-0.2, 0) is 0 Å². The molecule has 2 aromatic heterocycles. The van der Waals surface area contributed by atoms with Crippen molar-refractivity contribution in [2.24, 2.45) is 4.99 Å². The summed E-state index contributed by atoms with van der Waals surface area (Å²) in [6.45, 7) is 0. The first-order valence-electron chi connectivity index (χ1n) is 10.8. The minimum absolute atomic E-state index is 0.0981. The number of benzene rings is 3. The molecule has 5 rings (SSSR count). The molecule has 0 saturated heterocycles. The van der Waals surface area contributed by atoms with Crippen molar-refractivity contribution in [2.75, 3.05) is 0 Å². The number of furan rings is 2. The second-order valence-electron chi connectivity index (χ2n) is 7.71. The van der Waals surface area contributed by atoms with Crippen LogP contribution in [0.1, 0.15) is 11.3 Å². The lowest BCUT2D eigenvalue weighted by molar-refractivity contribution is -0.384. The van der Waals surface area contributed by atoms with E-state index in [1.165, 1.54) is 18.3 Å². The Morgan fingerprint density at radius 2 is 1.61 bits per heavy atom. The first kappa shape index (κ1) is 22.5. The average molecular weight is 477 g/mol. The third kappa shape index (κ3) is 4.29. The topological polar surface area (TPSA) is 106 Å². The van der Waals surface area contributed by atoms with E-state index in [9.17, 15) is 19.8 Å². The van der Waals surface area contributed by atoms with Gasteiger partial charge in [-0.2, -0.15) is 5.26 Å². The van der Waals surface area contributed by atoms with Crippen LogP contribution in [0.5, 0.6) is 0 Å². The van der Waals surface area contributed by atoms with Gasteiger partial charge in [0.1, 0.15) is 34.7 Å². The Balaban J connectivity index is 1.56. The van der Waals surface area contributed by atoms with Crippen LogP contribution in [-0.4, -0.2) is 11.1 Å². The molecule has 0 bridgehead atoms. The summed E-state index contributed by atoms with van der Waals surface area (Å²) in [5, 5.41) is 21.3. The number of nitro groups is 1. The molecule has 5 aromatic rings. The van der Waals surface area contributed by atoms with Crippen molar-refractivity contribution in [1.29, 1.82) is 5.26 Å². The average Bonchev–Trinajstić information content (AvgIpc) is 3.53. The molecule has 0 fully saturated rings. The molecule has 174 valence electrons. The quantitative estimate of drug-likeness (QED) is 0.143. The van der Waals surface area contributed by atoms with Crippen LogP contribution in [0.4, 0.5) is 16.0 Å². The van der Waals surface area contributed by atoms with E-state index in [1.807, 2.05) is 60.7 Å². The maximum Gasteiger partial charge on any atom is 0.283 e. The Kier molecular flexibility index (Phi) is 5.95. The van der Waals surface area contributed by atoms with Crippen LogP contribution in [0.25, 0.3) is 33.8 Å². The van der Waals surface area contributed by atoms with Gasteiger partial charge < -0.3 is 8.83 Å². The molecule has 2 heterocycles. The highest BCUT2D eigenvalue weighted by Gasteiger charge is 2.23. The lowest BCUT2D eigenvalue weighted by Crippen LogP contribution is -1.92. The number of halogens is 1. The summed E-state index contributed by atoms with van der Waals surface area (Å²) < 4.78 is 25.3. The Labute approximate surface area is 204 Å². The molecule has 0 aliphatic heterocycles. The van der Waals surface area contributed by atoms with Gasteiger partial charge in [0.15, 0.2) is 0 Å². The second-order valence-corrected chi connectivity index (χ2v) is 7.71. The van der Waals surface area contributed by atoms with E-state index >= 15 is 0 Å². The van der Waals surface area contributed by atoms with Crippen molar-refractivity contribution in [3.63, 3.8) is 0 Å². The molecule has 0 amide bonds. The third-order valence-electron chi connectivity index (χ3n) is 5.46. The van der Waals surface area contributed by atoms with Crippen molar-refractivity contribution < 1.29 is 18.1 Å². The molecule has 7 nitrogen and oxygen atoms in total. The van der Waals surface area contributed by atoms with Gasteiger partial charge in [0.2, 0.25) is 5.88 Å². The van der Waals surface area contributed by atoms with Gasteiger partial charge in [-0.05, 0) is 29.8 Å². The highest BCUT2D eigenvalue weighted by molar-refractivity contribution is 5.89. The molecular weight excluding hydrogens is 461 g/mol. The maximum absolute atomic E-state index is 13.5. The smallest absolute Gasteiger partial charge is 0.283 e. The molecule has 0 N–H and O–H groups in total. The van der Waals surface area contributed by atoms with Crippen molar-refractivity contribution >= 4 is 17.8 Å². The maximum atomic E-state index is 13.5. The zero-order valence-electron chi connectivity index (χ0n) is 18.6. The number of nitrogens with zero attached hydrogens (tertiary/aromatic N) is 3. The molecule has 0 spiro atoms.